The number of hydrogen-bond acceptors (Lipinski definition) is 3. The van der Waals surface area contributed by atoms with Crippen molar-refractivity contribution in [3.63, 3.8) is 0 Å². The highest BCUT2D eigenvalue weighted by Gasteiger charge is 2.29. The fraction of sp³-hybridized carbons (Fsp3) is 0.571. The maximum absolute atomic E-state index is 14.2. The molecule has 1 heterocycles. The summed E-state index contributed by atoms with van der Waals surface area (Å²) in [6.45, 7) is 3.36. The topological polar surface area (TPSA) is 66.5 Å². The average molecular weight is 409 g/mol. The normalized spacial score (nSPS) is 21.2. The van der Waals surface area contributed by atoms with E-state index < -0.39 is 21.7 Å². The molecule has 1 aromatic carbocycles. The lowest BCUT2D eigenvalue weighted by Gasteiger charge is -2.30. The van der Waals surface area contributed by atoms with Crippen LogP contribution >= 0.6 is 0 Å². The Kier molecular flexibility index (Phi) is 6.88. The number of sulfonamides is 1. The number of halogens is 1. The van der Waals surface area contributed by atoms with Crippen LogP contribution in [0.25, 0.3) is 0 Å². The van der Waals surface area contributed by atoms with E-state index in [9.17, 15) is 17.6 Å². The van der Waals surface area contributed by atoms with Crippen molar-refractivity contribution in [2.24, 2.45) is 5.92 Å². The molecule has 1 fully saturated rings. The van der Waals surface area contributed by atoms with Crippen LogP contribution in [0.4, 0.5) is 4.39 Å². The van der Waals surface area contributed by atoms with E-state index >= 15 is 0 Å². The van der Waals surface area contributed by atoms with E-state index in [0.717, 1.165) is 38.2 Å². The first-order valence-corrected chi connectivity index (χ1v) is 11.6. The van der Waals surface area contributed by atoms with E-state index in [0.29, 0.717) is 25.6 Å². The molecule has 1 N–H and O–H groups in total. The molecule has 5 nitrogen and oxygen atoms in total. The largest absolute Gasteiger partial charge is 0.352 e. The zero-order valence-corrected chi connectivity index (χ0v) is 17.2. The number of nitrogens with one attached hydrogen (secondary N) is 1. The highest BCUT2D eigenvalue weighted by atomic mass is 32.2. The molecule has 0 bridgehead atoms. The summed E-state index contributed by atoms with van der Waals surface area (Å²) in [5.74, 6) is -0.987. The average Bonchev–Trinajstić information content (AvgIpc) is 2.69. The number of allylic oxidation sites excluding steroid dienone is 1. The van der Waals surface area contributed by atoms with Crippen LogP contribution < -0.4 is 5.32 Å². The van der Waals surface area contributed by atoms with Gasteiger partial charge in [-0.3, -0.25) is 4.79 Å². The molecule has 1 aromatic rings. The Morgan fingerprint density at radius 2 is 2.11 bits per heavy atom. The molecule has 0 spiro atoms. The first-order chi connectivity index (χ1) is 13.4. The number of amides is 1. The Bertz CT molecular complexity index is 851. The molecule has 2 aliphatic rings. The summed E-state index contributed by atoms with van der Waals surface area (Å²) in [4.78, 5) is 12.4. The van der Waals surface area contributed by atoms with Crippen molar-refractivity contribution in [3.05, 3.63) is 41.2 Å². The van der Waals surface area contributed by atoms with E-state index in [1.54, 1.807) is 0 Å². The van der Waals surface area contributed by atoms with Crippen LogP contribution in [0.2, 0.25) is 0 Å². The molecule has 1 aliphatic carbocycles. The monoisotopic (exact) mass is 408 g/mol. The van der Waals surface area contributed by atoms with Gasteiger partial charge in [0.1, 0.15) is 5.82 Å². The minimum atomic E-state index is -3.73. The molecule has 0 saturated carbocycles. The Hall–Kier alpha value is -1.73. The van der Waals surface area contributed by atoms with Gasteiger partial charge in [0.15, 0.2) is 0 Å². The summed E-state index contributed by atoms with van der Waals surface area (Å²) < 4.78 is 41.5. The number of carbonyl (C=O) groups is 1. The van der Waals surface area contributed by atoms with Gasteiger partial charge in [0.05, 0.1) is 10.5 Å². The van der Waals surface area contributed by atoms with Crippen molar-refractivity contribution < 1.29 is 17.6 Å². The fourth-order valence-corrected chi connectivity index (χ4v) is 5.54. The van der Waals surface area contributed by atoms with E-state index in [2.05, 4.69) is 11.4 Å². The minimum absolute atomic E-state index is 0.0249. The number of benzene rings is 1. The molecule has 7 heteroatoms. The molecule has 1 atom stereocenters. The lowest BCUT2D eigenvalue weighted by Crippen LogP contribution is -2.39. The molecule has 28 heavy (non-hydrogen) atoms. The molecule has 1 amide bonds. The molecule has 0 radical (unpaired) electrons. The van der Waals surface area contributed by atoms with Gasteiger partial charge in [0, 0.05) is 19.6 Å². The smallest absolute Gasteiger partial charge is 0.254 e. The lowest BCUT2D eigenvalue weighted by atomic mass is 9.97. The van der Waals surface area contributed by atoms with Crippen molar-refractivity contribution >= 4 is 15.9 Å². The van der Waals surface area contributed by atoms with Crippen LogP contribution in [0.5, 0.6) is 0 Å². The number of piperidine rings is 1. The number of rotatable bonds is 6. The third-order valence-corrected chi connectivity index (χ3v) is 7.42. The Morgan fingerprint density at radius 3 is 2.82 bits per heavy atom. The molecule has 0 aromatic heterocycles. The minimum Gasteiger partial charge on any atom is -0.352 e. The van der Waals surface area contributed by atoms with E-state index in [-0.39, 0.29) is 10.5 Å². The first kappa shape index (κ1) is 21.0. The lowest BCUT2D eigenvalue weighted by molar-refractivity contribution is 0.0949. The van der Waals surface area contributed by atoms with Crippen LogP contribution in [0, 0.1) is 11.7 Å². The molecule has 1 aliphatic heterocycles. The summed E-state index contributed by atoms with van der Waals surface area (Å²) >= 11 is 0. The van der Waals surface area contributed by atoms with E-state index in [4.69, 9.17) is 0 Å². The van der Waals surface area contributed by atoms with Gasteiger partial charge in [-0.25, -0.2) is 12.8 Å². The second-order valence-electron chi connectivity index (χ2n) is 7.87. The predicted molar refractivity (Wildman–Crippen MR) is 107 cm³/mol. The summed E-state index contributed by atoms with van der Waals surface area (Å²) in [6, 6.07) is 3.48. The van der Waals surface area contributed by atoms with Crippen LogP contribution in [0.3, 0.4) is 0 Å². The summed E-state index contributed by atoms with van der Waals surface area (Å²) in [5, 5.41) is 2.72. The van der Waals surface area contributed by atoms with Gasteiger partial charge < -0.3 is 5.32 Å². The fourth-order valence-electron chi connectivity index (χ4n) is 3.92. The third-order valence-electron chi connectivity index (χ3n) is 5.56. The van der Waals surface area contributed by atoms with Crippen molar-refractivity contribution in [3.8, 4) is 0 Å². The van der Waals surface area contributed by atoms with Gasteiger partial charge in [0.25, 0.3) is 5.91 Å². The van der Waals surface area contributed by atoms with Crippen molar-refractivity contribution in [2.45, 2.75) is 56.8 Å². The zero-order chi connectivity index (χ0) is 20.1. The van der Waals surface area contributed by atoms with Crippen LogP contribution in [0.15, 0.2) is 34.7 Å². The standard InChI is InChI=1S/C21H29FN2O3S/c1-16-6-5-13-24(15-16)28(26,27)18-9-10-20(22)19(14-18)21(25)23-12-11-17-7-3-2-4-8-17/h7,9-10,14,16H,2-6,8,11-13,15H2,1H3,(H,23,25). The summed E-state index contributed by atoms with van der Waals surface area (Å²) in [7, 11) is -3.73. The molecular weight excluding hydrogens is 379 g/mol. The zero-order valence-electron chi connectivity index (χ0n) is 16.4. The molecular formula is C21H29FN2O3S. The van der Waals surface area contributed by atoms with Crippen molar-refractivity contribution in [1.82, 2.24) is 9.62 Å². The second-order valence-corrected chi connectivity index (χ2v) is 9.80. The Morgan fingerprint density at radius 1 is 1.29 bits per heavy atom. The third kappa shape index (κ3) is 5.00. The Balaban J connectivity index is 1.69. The van der Waals surface area contributed by atoms with Crippen LogP contribution in [-0.4, -0.2) is 38.3 Å². The van der Waals surface area contributed by atoms with Crippen LogP contribution in [0.1, 0.15) is 62.2 Å². The van der Waals surface area contributed by atoms with Crippen molar-refractivity contribution in [1.29, 1.82) is 0 Å². The van der Waals surface area contributed by atoms with Gasteiger partial charge >= 0.3 is 0 Å². The second kappa shape index (κ2) is 9.18. The van der Waals surface area contributed by atoms with Crippen molar-refractivity contribution in [2.75, 3.05) is 19.6 Å². The molecule has 154 valence electrons. The highest BCUT2D eigenvalue weighted by Crippen LogP contribution is 2.25. The van der Waals surface area contributed by atoms with Gasteiger partial charge in [-0.1, -0.05) is 18.6 Å². The maximum atomic E-state index is 14.2. The predicted octanol–water partition coefficient (Wildman–Crippen LogP) is 3.87. The van der Waals surface area contributed by atoms with Gasteiger partial charge in [-0.2, -0.15) is 4.31 Å². The van der Waals surface area contributed by atoms with Gasteiger partial charge in [-0.05, 0) is 69.1 Å². The molecule has 1 unspecified atom stereocenters. The van der Waals surface area contributed by atoms with Gasteiger partial charge in [-0.15, -0.1) is 0 Å². The number of nitrogens with zero attached hydrogens (tertiary/aromatic N) is 1. The van der Waals surface area contributed by atoms with E-state index in [1.165, 1.54) is 34.9 Å². The SMILES string of the molecule is CC1CCCN(S(=O)(=O)c2ccc(F)c(C(=O)NCCC3=CCCCC3)c2)C1. The quantitative estimate of drug-likeness (QED) is 0.727. The molecule has 3 rings (SSSR count). The summed E-state index contributed by atoms with van der Waals surface area (Å²) in [5.41, 5.74) is 1.10. The number of hydrogen-bond donors (Lipinski definition) is 1. The maximum Gasteiger partial charge on any atom is 0.254 e. The number of carbonyl (C=O) groups excluding carboxylic acids is 1. The highest BCUT2D eigenvalue weighted by molar-refractivity contribution is 7.89. The van der Waals surface area contributed by atoms with Crippen LogP contribution in [-0.2, 0) is 10.0 Å². The van der Waals surface area contributed by atoms with E-state index in [1.807, 2.05) is 6.92 Å². The first-order valence-electron chi connectivity index (χ1n) is 10.1. The molecule has 1 saturated heterocycles. The summed E-state index contributed by atoms with van der Waals surface area (Å²) in [6.07, 6.45) is 9.27. The van der Waals surface area contributed by atoms with Gasteiger partial charge in [0.2, 0.25) is 10.0 Å². The Labute approximate surface area is 167 Å².